The quantitative estimate of drug-likeness (QED) is 0.107. The maximum Gasteiger partial charge on any atom is 0.217 e. The van der Waals surface area contributed by atoms with E-state index in [4.69, 9.17) is 47.4 Å². The summed E-state index contributed by atoms with van der Waals surface area (Å²) >= 11 is 0. The van der Waals surface area contributed by atoms with E-state index in [1.807, 2.05) is 71.9 Å². The van der Waals surface area contributed by atoms with Crippen LogP contribution in [0.1, 0.15) is 148 Å². The number of ether oxygens (including phenoxy) is 10. The fourth-order valence-electron chi connectivity index (χ4n) is 12.5. The third kappa shape index (κ3) is 14.5. The van der Waals surface area contributed by atoms with Gasteiger partial charge >= 0.3 is 0 Å². The van der Waals surface area contributed by atoms with Crippen molar-refractivity contribution in [2.45, 2.75) is 266 Å². The average Bonchev–Trinajstić information content (AvgIpc) is 3.37. The van der Waals surface area contributed by atoms with E-state index in [0.29, 0.717) is 37.5 Å². The van der Waals surface area contributed by atoms with Gasteiger partial charge in [-0.25, -0.2) is 0 Å². The minimum absolute atomic E-state index is 0.0546. The fraction of sp³-hybridized carbons (Fsp3) is 0.825. The van der Waals surface area contributed by atoms with E-state index in [1.54, 1.807) is 0 Å². The minimum Gasteiger partial charge on any atom is -0.370 e. The Morgan fingerprint density at radius 1 is 0.400 bits per heavy atom. The number of carbonyl (C=O) groups excluding carboxylic acids is 4. The Morgan fingerprint density at radius 3 is 1.21 bits per heavy atom. The van der Waals surface area contributed by atoms with Crippen LogP contribution in [-0.4, -0.2) is 140 Å². The molecule has 18 nitrogen and oxygen atoms in total. The van der Waals surface area contributed by atoms with E-state index < -0.39 is 98.0 Å². The van der Waals surface area contributed by atoms with Gasteiger partial charge in [0.1, 0.15) is 18.2 Å². The van der Waals surface area contributed by atoms with Gasteiger partial charge in [0.2, 0.25) is 23.6 Å². The van der Waals surface area contributed by atoms with Gasteiger partial charge in [-0.3, -0.25) is 19.2 Å². The molecule has 1 aromatic rings. The van der Waals surface area contributed by atoms with Crippen molar-refractivity contribution in [2.24, 2.45) is 35.5 Å². The second-order valence-corrected chi connectivity index (χ2v) is 22.3. The van der Waals surface area contributed by atoms with Crippen LogP contribution in [0.25, 0.3) is 0 Å². The van der Waals surface area contributed by atoms with Crippen LogP contribution in [0.3, 0.4) is 0 Å². The average molecular weight is 1060 g/mol. The summed E-state index contributed by atoms with van der Waals surface area (Å²) in [4.78, 5) is 52.0. The molecule has 25 atom stereocenters. The van der Waals surface area contributed by atoms with E-state index >= 15 is 0 Å². The highest BCUT2D eigenvalue weighted by atomic mass is 16.8. The predicted octanol–water partition coefficient (Wildman–Crippen LogP) is 6.68. The lowest BCUT2D eigenvalue weighted by molar-refractivity contribution is -0.358. The summed E-state index contributed by atoms with van der Waals surface area (Å²) in [6.07, 6.45) is -5.85. The molecule has 5 fully saturated rings. The number of rotatable bonds is 20. The van der Waals surface area contributed by atoms with Crippen molar-refractivity contribution < 1.29 is 66.5 Å². The van der Waals surface area contributed by atoms with E-state index in [9.17, 15) is 19.2 Å². The molecule has 5 aliphatic heterocycles. The van der Waals surface area contributed by atoms with E-state index in [1.165, 1.54) is 27.7 Å². The standard InChI is InChI=1S/C57H94N4O14/c1-17-40-29(7)28(6)30(8)54(68-40)72-50-32(10)47(60-37(15)64)56(70-42(50)19-3)75-52-44(21-5)71-57(48(61-38(16)65)53(52)66-27-39-25-23-22-24-26-39)74-51-33(11)46(59-36(14)63)55(69-43(51)20-4)73-49-31(9)45(58-35(13)62)34(12)67-41(49)18-2/h22-26,28-34,40-57H,17-21,27H2,1-16H3,(H,58,62)(H,59,63)(H,60,64)(H,61,65)/t28-,29+,30?,31+,32?,33?,34-,40?,41?,42?,43?,44?,45?,46?,47?,48?,49+,50-,51-,52-,53-,54-,55+,56+,57-/m0/s1. The monoisotopic (exact) mass is 1060 g/mol. The lowest BCUT2D eigenvalue weighted by atomic mass is 9.78. The van der Waals surface area contributed by atoms with Gasteiger partial charge in [0.05, 0.1) is 79.7 Å². The fourth-order valence-corrected chi connectivity index (χ4v) is 12.5. The molecule has 4 N–H and O–H groups in total. The first-order valence-corrected chi connectivity index (χ1v) is 28.3. The molecule has 5 aliphatic rings. The van der Waals surface area contributed by atoms with Crippen molar-refractivity contribution in [1.29, 1.82) is 0 Å². The molecule has 75 heavy (non-hydrogen) atoms. The Labute approximate surface area is 447 Å². The maximum atomic E-state index is 13.4. The third-order valence-corrected chi connectivity index (χ3v) is 17.0. The van der Waals surface area contributed by atoms with Crippen LogP contribution in [-0.2, 0) is 73.2 Å². The number of hydrogen-bond acceptors (Lipinski definition) is 14. The zero-order chi connectivity index (χ0) is 55.0. The Bertz CT molecular complexity index is 1980. The second kappa shape index (κ2) is 27.5. The summed E-state index contributed by atoms with van der Waals surface area (Å²) in [5.74, 6) is -1.03. The van der Waals surface area contributed by atoms with Gasteiger partial charge in [-0.2, -0.15) is 0 Å². The number of amides is 4. The van der Waals surface area contributed by atoms with Crippen molar-refractivity contribution in [3.63, 3.8) is 0 Å². The SMILES string of the molecule is CCC1O[C@H](O[C@H]2C(CC)O[C@@H](O[C@@H]3C(CC)O[C@H](O[C@H]4C(CC)O[C@@H](C)C(NC(C)=O)[C@H]4C)C(NC(C)=O)C3C)C(NC(C)=O)[C@@H]2OCc2ccccc2)C(NC(C)=O)C(C)[C@@H]1O[C@@H]1OC(CC)[C@H](C)[C@H](C)C1C. The highest BCUT2D eigenvalue weighted by molar-refractivity contribution is 5.74. The van der Waals surface area contributed by atoms with Crippen LogP contribution in [0.2, 0.25) is 0 Å². The summed E-state index contributed by atoms with van der Waals surface area (Å²) in [6, 6.07) is 7.16. The Hall–Kier alpha value is -3.30. The Morgan fingerprint density at radius 2 is 0.760 bits per heavy atom. The molecule has 0 aliphatic carbocycles. The van der Waals surface area contributed by atoms with E-state index in [0.717, 1.165) is 12.0 Å². The summed E-state index contributed by atoms with van der Waals surface area (Å²) in [6.45, 7) is 31.0. The molecule has 5 saturated heterocycles. The van der Waals surface area contributed by atoms with Crippen molar-refractivity contribution in [2.75, 3.05) is 0 Å². The number of carbonyl (C=O) groups is 4. The molecule has 18 heteroatoms. The number of benzene rings is 1. The molecule has 5 heterocycles. The molecule has 4 amide bonds. The first-order chi connectivity index (χ1) is 35.7. The number of hydrogen-bond donors (Lipinski definition) is 4. The van der Waals surface area contributed by atoms with E-state index in [-0.39, 0.29) is 72.3 Å². The zero-order valence-corrected chi connectivity index (χ0v) is 47.8. The minimum atomic E-state index is -1.09. The molecule has 6 rings (SSSR count). The van der Waals surface area contributed by atoms with Crippen molar-refractivity contribution in [3.05, 3.63) is 35.9 Å². The normalized spacial score (nSPS) is 42.3. The van der Waals surface area contributed by atoms with Gasteiger partial charge in [0.25, 0.3) is 0 Å². The maximum absolute atomic E-state index is 13.4. The van der Waals surface area contributed by atoms with Gasteiger partial charge in [-0.05, 0) is 56.4 Å². The van der Waals surface area contributed by atoms with Gasteiger partial charge in [-0.1, -0.05) is 106 Å². The first-order valence-electron chi connectivity index (χ1n) is 28.3. The molecule has 0 bridgehead atoms. The van der Waals surface area contributed by atoms with Crippen molar-refractivity contribution in [1.82, 2.24) is 21.3 Å². The second-order valence-electron chi connectivity index (χ2n) is 22.3. The van der Waals surface area contributed by atoms with Gasteiger partial charge in [0.15, 0.2) is 25.2 Å². The third-order valence-electron chi connectivity index (χ3n) is 17.0. The lowest BCUT2D eigenvalue weighted by Crippen LogP contribution is -2.69. The first kappa shape index (κ1) is 60.9. The Kier molecular flexibility index (Phi) is 22.4. The molecular weight excluding hydrogens is 965 g/mol. The highest BCUT2D eigenvalue weighted by Gasteiger charge is 2.56. The van der Waals surface area contributed by atoms with Gasteiger partial charge in [0, 0.05) is 51.4 Å². The molecule has 426 valence electrons. The Balaban J connectivity index is 1.32. The molecule has 0 saturated carbocycles. The molecule has 1 aromatic carbocycles. The summed E-state index contributed by atoms with van der Waals surface area (Å²) in [5.41, 5.74) is 0.901. The van der Waals surface area contributed by atoms with E-state index in [2.05, 4.69) is 62.8 Å². The summed E-state index contributed by atoms with van der Waals surface area (Å²) < 4.78 is 69.1. The highest BCUT2D eigenvalue weighted by Crippen LogP contribution is 2.43. The number of nitrogens with one attached hydrogen (secondary N) is 4. The summed E-state index contributed by atoms with van der Waals surface area (Å²) in [7, 11) is 0. The predicted molar refractivity (Wildman–Crippen MR) is 280 cm³/mol. The topological polar surface area (TPSA) is 209 Å². The molecular formula is C57H94N4O14. The zero-order valence-electron chi connectivity index (χ0n) is 47.8. The van der Waals surface area contributed by atoms with Gasteiger partial charge < -0.3 is 68.6 Å². The smallest absolute Gasteiger partial charge is 0.217 e. The molecule has 0 radical (unpaired) electrons. The lowest BCUT2D eigenvalue weighted by Gasteiger charge is -2.53. The van der Waals surface area contributed by atoms with Crippen LogP contribution < -0.4 is 21.3 Å². The molecule has 0 spiro atoms. The van der Waals surface area contributed by atoms with Crippen molar-refractivity contribution >= 4 is 23.6 Å². The largest absolute Gasteiger partial charge is 0.370 e. The van der Waals surface area contributed by atoms with Crippen LogP contribution in [0.4, 0.5) is 0 Å². The summed E-state index contributed by atoms with van der Waals surface area (Å²) in [5, 5.41) is 12.5. The van der Waals surface area contributed by atoms with Crippen LogP contribution in [0.15, 0.2) is 30.3 Å². The van der Waals surface area contributed by atoms with Gasteiger partial charge in [-0.15, -0.1) is 0 Å². The molecule has 0 aromatic heterocycles. The van der Waals surface area contributed by atoms with Crippen LogP contribution in [0.5, 0.6) is 0 Å². The van der Waals surface area contributed by atoms with Crippen LogP contribution >= 0.6 is 0 Å². The molecule has 12 unspecified atom stereocenters. The van der Waals surface area contributed by atoms with Crippen molar-refractivity contribution in [3.8, 4) is 0 Å². The van der Waals surface area contributed by atoms with Crippen LogP contribution in [0, 0.1) is 35.5 Å².